The molecule has 0 bridgehead atoms. The molecule has 5 nitrogen and oxygen atoms in total. The van der Waals surface area contributed by atoms with Crippen LogP contribution in [0.4, 0.5) is 9.39 Å². The number of nitrogens with one attached hydrogen (secondary N) is 1. The summed E-state index contributed by atoms with van der Waals surface area (Å²) in [6.07, 6.45) is 0. The van der Waals surface area contributed by atoms with Crippen LogP contribution >= 0.6 is 11.3 Å². The van der Waals surface area contributed by atoms with Gasteiger partial charge in [0.25, 0.3) is 5.91 Å². The molecule has 0 fully saturated rings. The summed E-state index contributed by atoms with van der Waals surface area (Å²) in [4.78, 5) is 25.9. The Morgan fingerprint density at radius 1 is 1.07 bits per heavy atom. The third-order valence-electron chi connectivity index (χ3n) is 4.07. The van der Waals surface area contributed by atoms with Crippen LogP contribution in [0.25, 0.3) is 11.1 Å². The molecule has 0 atom stereocenters. The molecule has 7 heteroatoms. The first kappa shape index (κ1) is 20.5. The first-order chi connectivity index (χ1) is 14.0. The van der Waals surface area contributed by atoms with E-state index in [4.69, 9.17) is 9.47 Å². The standard InChI is InChI=1S/C22H20FNO4S/c1-3-27-22(26)20-19(15-9-5-4-6-10-15)14(2)29-21(20)24-18(25)13-28-17-12-8-7-11-16(17)23/h4-12H,3,13H2,1-2H3,(H,24,25). The van der Waals surface area contributed by atoms with E-state index in [1.807, 2.05) is 37.3 Å². The van der Waals surface area contributed by atoms with Crippen LogP contribution in [0.3, 0.4) is 0 Å². The smallest absolute Gasteiger partial charge is 0.341 e. The van der Waals surface area contributed by atoms with E-state index >= 15 is 0 Å². The zero-order valence-electron chi connectivity index (χ0n) is 16.0. The van der Waals surface area contributed by atoms with Crippen molar-refractivity contribution in [3.63, 3.8) is 0 Å². The lowest BCUT2D eigenvalue weighted by atomic mass is 10.0. The maximum atomic E-state index is 13.6. The number of amides is 1. The highest BCUT2D eigenvalue weighted by molar-refractivity contribution is 7.17. The Morgan fingerprint density at radius 3 is 2.45 bits per heavy atom. The van der Waals surface area contributed by atoms with Gasteiger partial charge in [-0.1, -0.05) is 42.5 Å². The van der Waals surface area contributed by atoms with Crippen molar-refractivity contribution in [2.24, 2.45) is 0 Å². The number of benzene rings is 2. The molecule has 150 valence electrons. The SMILES string of the molecule is CCOC(=O)c1c(NC(=O)COc2ccccc2F)sc(C)c1-c1ccccc1. The van der Waals surface area contributed by atoms with Crippen molar-refractivity contribution < 1.29 is 23.5 Å². The molecule has 1 aromatic heterocycles. The topological polar surface area (TPSA) is 64.6 Å². The molecule has 3 rings (SSSR count). The highest BCUT2D eigenvalue weighted by atomic mass is 32.1. The molecule has 2 aromatic carbocycles. The minimum atomic E-state index is -0.550. The van der Waals surface area contributed by atoms with Crippen molar-refractivity contribution in [1.29, 1.82) is 0 Å². The van der Waals surface area contributed by atoms with Gasteiger partial charge in [0.1, 0.15) is 10.6 Å². The van der Waals surface area contributed by atoms with Gasteiger partial charge in [0.05, 0.1) is 6.61 Å². The van der Waals surface area contributed by atoms with E-state index in [9.17, 15) is 14.0 Å². The average molecular weight is 413 g/mol. The van der Waals surface area contributed by atoms with E-state index in [0.717, 1.165) is 16.0 Å². The van der Waals surface area contributed by atoms with Gasteiger partial charge in [-0.05, 0) is 31.5 Å². The molecule has 1 heterocycles. The number of carbonyl (C=O) groups excluding carboxylic acids is 2. The number of esters is 1. The Hall–Kier alpha value is -3.19. The van der Waals surface area contributed by atoms with Crippen LogP contribution in [0, 0.1) is 12.7 Å². The van der Waals surface area contributed by atoms with E-state index in [2.05, 4.69) is 5.32 Å². The maximum Gasteiger partial charge on any atom is 0.341 e. The first-order valence-electron chi connectivity index (χ1n) is 9.04. The maximum absolute atomic E-state index is 13.6. The zero-order valence-corrected chi connectivity index (χ0v) is 16.8. The first-order valence-corrected chi connectivity index (χ1v) is 9.86. The van der Waals surface area contributed by atoms with Crippen LogP contribution in [-0.4, -0.2) is 25.1 Å². The summed E-state index contributed by atoms with van der Waals surface area (Å²) in [5, 5.41) is 3.08. The van der Waals surface area contributed by atoms with Gasteiger partial charge in [-0.3, -0.25) is 4.79 Å². The van der Waals surface area contributed by atoms with Crippen molar-refractivity contribution in [3.05, 3.63) is 70.9 Å². The van der Waals surface area contributed by atoms with E-state index < -0.39 is 17.7 Å². The van der Waals surface area contributed by atoms with Crippen molar-refractivity contribution in [2.75, 3.05) is 18.5 Å². The predicted octanol–water partition coefficient (Wildman–Crippen LogP) is 5.06. The van der Waals surface area contributed by atoms with E-state index in [1.165, 1.54) is 29.5 Å². The van der Waals surface area contributed by atoms with Gasteiger partial charge in [-0.25, -0.2) is 9.18 Å². The number of para-hydroxylation sites is 1. The molecule has 0 saturated heterocycles. The number of carbonyl (C=O) groups is 2. The Bertz CT molecular complexity index is 1020. The van der Waals surface area contributed by atoms with Crippen LogP contribution in [0.5, 0.6) is 5.75 Å². The largest absolute Gasteiger partial charge is 0.481 e. The van der Waals surface area contributed by atoms with Crippen molar-refractivity contribution in [3.8, 4) is 16.9 Å². The normalized spacial score (nSPS) is 10.4. The summed E-state index contributed by atoms with van der Waals surface area (Å²) >= 11 is 1.28. The van der Waals surface area contributed by atoms with Gasteiger partial charge in [0, 0.05) is 10.4 Å². The minimum absolute atomic E-state index is 0.0133. The molecule has 0 aliphatic carbocycles. The molecule has 1 N–H and O–H groups in total. The number of anilines is 1. The highest BCUT2D eigenvalue weighted by Gasteiger charge is 2.25. The van der Waals surface area contributed by atoms with Crippen LogP contribution < -0.4 is 10.1 Å². The van der Waals surface area contributed by atoms with Crippen molar-refractivity contribution in [2.45, 2.75) is 13.8 Å². The second-order valence-corrected chi connectivity index (χ2v) is 7.32. The molecule has 1 amide bonds. The number of aryl methyl sites for hydroxylation is 1. The number of hydrogen-bond acceptors (Lipinski definition) is 5. The number of thiophene rings is 1. The fourth-order valence-corrected chi connectivity index (χ4v) is 3.93. The van der Waals surface area contributed by atoms with Gasteiger partial charge >= 0.3 is 5.97 Å². The quantitative estimate of drug-likeness (QED) is 0.550. The van der Waals surface area contributed by atoms with Gasteiger partial charge in [0.15, 0.2) is 18.2 Å². The van der Waals surface area contributed by atoms with Gasteiger partial charge in [-0.15, -0.1) is 11.3 Å². The van der Waals surface area contributed by atoms with E-state index in [0.29, 0.717) is 10.6 Å². The average Bonchev–Trinajstić information content (AvgIpc) is 3.04. The van der Waals surface area contributed by atoms with Crippen molar-refractivity contribution >= 4 is 28.2 Å². The molecule has 29 heavy (non-hydrogen) atoms. The Labute approximate surface area is 172 Å². The van der Waals surface area contributed by atoms with Crippen LogP contribution in [0.1, 0.15) is 22.2 Å². The summed E-state index contributed by atoms with van der Waals surface area (Å²) in [6.45, 7) is 3.42. The summed E-state index contributed by atoms with van der Waals surface area (Å²) in [5.41, 5.74) is 1.88. The lowest BCUT2D eigenvalue weighted by molar-refractivity contribution is -0.118. The Balaban J connectivity index is 1.85. The molecule has 0 unspecified atom stereocenters. The molecule has 3 aromatic rings. The van der Waals surface area contributed by atoms with Crippen molar-refractivity contribution in [1.82, 2.24) is 0 Å². The summed E-state index contributed by atoms with van der Waals surface area (Å²) in [5.74, 6) is -1.58. The molecular formula is C22H20FNO4S. The van der Waals surface area contributed by atoms with Gasteiger partial charge in [-0.2, -0.15) is 0 Å². The van der Waals surface area contributed by atoms with E-state index in [1.54, 1.807) is 13.0 Å². The zero-order chi connectivity index (χ0) is 20.8. The monoisotopic (exact) mass is 413 g/mol. The fraction of sp³-hybridized carbons (Fsp3) is 0.182. The lowest BCUT2D eigenvalue weighted by Crippen LogP contribution is -2.21. The van der Waals surface area contributed by atoms with Gasteiger partial charge < -0.3 is 14.8 Å². The molecule has 0 aliphatic rings. The summed E-state index contributed by atoms with van der Waals surface area (Å²) in [6, 6.07) is 15.3. The number of hydrogen-bond donors (Lipinski definition) is 1. The summed E-state index contributed by atoms with van der Waals surface area (Å²) in [7, 11) is 0. The van der Waals surface area contributed by atoms with Crippen LogP contribution in [-0.2, 0) is 9.53 Å². The third-order valence-corrected chi connectivity index (χ3v) is 5.10. The third kappa shape index (κ3) is 4.81. The van der Waals surface area contributed by atoms with E-state index in [-0.39, 0.29) is 19.0 Å². The lowest BCUT2D eigenvalue weighted by Gasteiger charge is -2.10. The molecule has 0 saturated carbocycles. The van der Waals surface area contributed by atoms with Gasteiger partial charge in [0.2, 0.25) is 0 Å². The Morgan fingerprint density at radius 2 is 1.76 bits per heavy atom. The Kier molecular flexibility index (Phi) is 6.61. The molecule has 0 radical (unpaired) electrons. The number of ether oxygens (including phenoxy) is 2. The molecule has 0 aliphatic heterocycles. The minimum Gasteiger partial charge on any atom is -0.481 e. The predicted molar refractivity (Wildman–Crippen MR) is 111 cm³/mol. The highest BCUT2D eigenvalue weighted by Crippen LogP contribution is 2.40. The second-order valence-electron chi connectivity index (χ2n) is 6.09. The summed E-state index contributed by atoms with van der Waals surface area (Å²) < 4.78 is 24.1. The number of rotatable bonds is 7. The van der Waals surface area contributed by atoms with Crippen LogP contribution in [0.15, 0.2) is 54.6 Å². The molecular weight excluding hydrogens is 393 g/mol. The fourth-order valence-electron chi connectivity index (χ4n) is 2.85. The number of halogens is 1. The van der Waals surface area contributed by atoms with Crippen LogP contribution in [0.2, 0.25) is 0 Å². The second kappa shape index (κ2) is 9.34. The molecule has 0 spiro atoms.